The van der Waals surface area contributed by atoms with Gasteiger partial charge in [0.05, 0.1) is 23.6 Å². The van der Waals surface area contributed by atoms with Gasteiger partial charge in [0.25, 0.3) is 11.8 Å². The summed E-state index contributed by atoms with van der Waals surface area (Å²) in [5.41, 5.74) is 0.530. The Morgan fingerprint density at radius 2 is 1.68 bits per heavy atom. The predicted octanol–water partition coefficient (Wildman–Crippen LogP) is 0.0874. The number of rotatable bonds is 8. The van der Waals surface area contributed by atoms with Crippen molar-refractivity contribution in [3.05, 3.63) is 28.2 Å². The number of carbonyl (C=O) groups is 3. The summed E-state index contributed by atoms with van der Waals surface area (Å²) in [4.78, 5) is 35.9. The smallest absolute Gasteiger partial charge is 0.279 e. The molecular weight excluding hydrogens is 367 g/mol. The van der Waals surface area contributed by atoms with Crippen molar-refractivity contribution in [2.45, 2.75) is 19.9 Å². The molecule has 0 aromatic heterocycles. The Morgan fingerprint density at radius 1 is 1.04 bits per heavy atom. The summed E-state index contributed by atoms with van der Waals surface area (Å²) in [6, 6.07) is 4.80. The second-order valence-corrected chi connectivity index (χ2v) is 6.80. The number of hydrogen-bond acceptors (Lipinski definition) is 3. The first-order valence-corrected chi connectivity index (χ1v) is 8.55. The quantitative estimate of drug-likeness (QED) is 0.507. The Hall–Kier alpha value is -1.83. The molecule has 0 saturated heterocycles. The number of nitrogens with one attached hydrogen (secondary N) is 4. The van der Waals surface area contributed by atoms with E-state index < -0.39 is 0 Å². The molecule has 0 saturated carbocycles. The molecule has 0 spiro atoms. The van der Waals surface area contributed by atoms with Gasteiger partial charge in [-0.05, 0) is 32.0 Å². The van der Waals surface area contributed by atoms with Gasteiger partial charge in [-0.1, -0.05) is 23.2 Å². The van der Waals surface area contributed by atoms with Crippen LogP contribution in [-0.2, 0) is 14.4 Å². The number of anilines is 1. The lowest BCUT2D eigenvalue weighted by Crippen LogP contribution is -3.11. The third kappa shape index (κ3) is 8.72. The van der Waals surface area contributed by atoms with Crippen molar-refractivity contribution in [2.24, 2.45) is 0 Å². The SMILES string of the molecule is CC(C)NC(=O)CNC(=O)C[NH+](C)CC(=O)Nc1ccc(Cl)c(Cl)c1. The van der Waals surface area contributed by atoms with Crippen molar-refractivity contribution in [1.29, 1.82) is 0 Å². The second-order valence-electron chi connectivity index (χ2n) is 5.99. The molecule has 0 heterocycles. The van der Waals surface area contributed by atoms with E-state index in [-0.39, 0.29) is 43.4 Å². The third-order valence-electron chi connectivity index (χ3n) is 3.02. The molecule has 25 heavy (non-hydrogen) atoms. The van der Waals surface area contributed by atoms with Gasteiger partial charge in [0.1, 0.15) is 0 Å². The molecule has 7 nitrogen and oxygen atoms in total. The summed E-state index contributed by atoms with van der Waals surface area (Å²) in [5.74, 6) is -0.821. The van der Waals surface area contributed by atoms with Gasteiger partial charge in [-0.2, -0.15) is 0 Å². The van der Waals surface area contributed by atoms with Crippen molar-refractivity contribution < 1.29 is 19.3 Å². The zero-order chi connectivity index (χ0) is 19.0. The largest absolute Gasteiger partial charge is 0.352 e. The van der Waals surface area contributed by atoms with E-state index in [4.69, 9.17) is 23.2 Å². The van der Waals surface area contributed by atoms with Crippen molar-refractivity contribution in [3.63, 3.8) is 0 Å². The average molecular weight is 390 g/mol. The van der Waals surface area contributed by atoms with E-state index in [1.165, 1.54) is 0 Å². The molecule has 1 unspecified atom stereocenters. The van der Waals surface area contributed by atoms with Crippen LogP contribution < -0.4 is 20.9 Å². The van der Waals surface area contributed by atoms with E-state index in [0.717, 1.165) is 0 Å². The molecule has 0 fully saturated rings. The van der Waals surface area contributed by atoms with E-state index in [1.807, 2.05) is 13.8 Å². The minimum Gasteiger partial charge on any atom is -0.352 e. The molecule has 0 aliphatic rings. The topological polar surface area (TPSA) is 91.7 Å². The van der Waals surface area contributed by atoms with Gasteiger partial charge in [0.2, 0.25) is 5.91 Å². The molecule has 0 radical (unpaired) electrons. The van der Waals surface area contributed by atoms with Gasteiger partial charge < -0.3 is 20.9 Å². The number of carbonyl (C=O) groups excluding carboxylic acids is 3. The standard InChI is InChI=1S/C16H22Cl2N4O3/c1-10(2)20-14(23)7-19-15(24)8-22(3)9-16(25)21-11-4-5-12(17)13(18)6-11/h4-6,10H,7-9H2,1-3H3,(H,19,24)(H,20,23)(H,21,25)/p+1. The molecule has 4 N–H and O–H groups in total. The molecule has 3 amide bonds. The fourth-order valence-corrected chi connectivity index (χ4v) is 2.30. The van der Waals surface area contributed by atoms with Crippen LogP contribution >= 0.6 is 23.2 Å². The predicted molar refractivity (Wildman–Crippen MR) is 98.0 cm³/mol. The van der Waals surface area contributed by atoms with E-state index in [2.05, 4.69) is 16.0 Å². The van der Waals surface area contributed by atoms with Gasteiger partial charge in [-0.15, -0.1) is 0 Å². The highest BCUT2D eigenvalue weighted by Crippen LogP contribution is 2.24. The molecule has 0 bridgehead atoms. The first-order valence-electron chi connectivity index (χ1n) is 7.79. The van der Waals surface area contributed by atoms with E-state index in [0.29, 0.717) is 20.6 Å². The van der Waals surface area contributed by atoms with Crippen LogP contribution in [0.3, 0.4) is 0 Å². The third-order valence-corrected chi connectivity index (χ3v) is 3.76. The molecular formula is C16H23Cl2N4O3+. The summed E-state index contributed by atoms with van der Waals surface area (Å²) in [5, 5.41) is 8.63. The van der Waals surface area contributed by atoms with E-state index in [9.17, 15) is 14.4 Å². The van der Waals surface area contributed by atoms with Crippen LogP contribution in [0, 0.1) is 0 Å². The molecule has 0 aliphatic heterocycles. The summed E-state index contributed by atoms with van der Waals surface area (Å²) in [6.45, 7) is 3.75. The highest BCUT2D eigenvalue weighted by Gasteiger charge is 2.15. The highest BCUT2D eigenvalue weighted by atomic mass is 35.5. The average Bonchev–Trinajstić information content (AvgIpc) is 2.48. The van der Waals surface area contributed by atoms with Crippen LogP contribution in [0.25, 0.3) is 0 Å². The minimum atomic E-state index is -0.307. The number of benzene rings is 1. The number of likely N-dealkylation sites (N-methyl/N-ethyl adjacent to an activating group) is 1. The molecule has 138 valence electrons. The number of amides is 3. The maximum Gasteiger partial charge on any atom is 0.279 e. The molecule has 1 atom stereocenters. The minimum absolute atomic E-state index is 0.0165. The maximum atomic E-state index is 12.0. The van der Waals surface area contributed by atoms with Crippen LogP contribution in [0.2, 0.25) is 10.0 Å². The summed E-state index contributed by atoms with van der Waals surface area (Å²) in [7, 11) is 1.71. The van der Waals surface area contributed by atoms with Crippen molar-refractivity contribution >= 4 is 46.6 Å². The Bertz CT molecular complexity index is 638. The fourth-order valence-electron chi connectivity index (χ4n) is 2.00. The maximum absolute atomic E-state index is 12.0. The zero-order valence-electron chi connectivity index (χ0n) is 14.4. The van der Waals surface area contributed by atoms with E-state index >= 15 is 0 Å². The van der Waals surface area contributed by atoms with Crippen molar-refractivity contribution in [2.75, 3.05) is 32.0 Å². The van der Waals surface area contributed by atoms with Gasteiger partial charge in [0, 0.05) is 11.7 Å². The molecule has 1 aromatic rings. The first kappa shape index (κ1) is 21.2. The van der Waals surface area contributed by atoms with Gasteiger partial charge in [-0.3, -0.25) is 14.4 Å². The number of quaternary nitrogens is 1. The lowest BCUT2D eigenvalue weighted by Gasteiger charge is -2.14. The first-order chi connectivity index (χ1) is 11.7. The lowest BCUT2D eigenvalue weighted by molar-refractivity contribution is -0.862. The summed E-state index contributed by atoms with van der Waals surface area (Å²) < 4.78 is 0. The molecule has 0 aliphatic carbocycles. The Kier molecular flexibility index (Phi) is 8.68. The Labute approximate surface area is 157 Å². The van der Waals surface area contributed by atoms with E-state index in [1.54, 1.807) is 25.2 Å². The molecule has 9 heteroatoms. The van der Waals surface area contributed by atoms with Gasteiger partial charge >= 0.3 is 0 Å². The van der Waals surface area contributed by atoms with Crippen LogP contribution in [0.4, 0.5) is 5.69 Å². The normalized spacial score (nSPS) is 11.8. The van der Waals surface area contributed by atoms with Gasteiger partial charge in [-0.25, -0.2) is 0 Å². The highest BCUT2D eigenvalue weighted by molar-refractivity contribution is 6.42. The van der Waals surface area contributed by atoms with Crippen LogP contribution in [-0.4, -0.2) is 50.4 Å². The molecule has 1 rings (SSSR count). The Morgan fingerprint density at radius 3 is 2.28 bits per heavy atom. The fraction of sp³-hybridized carbons (Fsp3) is 0.438. The van der Waals surface area contributed by atoms with Crippen LogP contribution in [0.5, 0.6) is 0 Å². The summed E-state index contributed by atoms with van der Waals surface area (Å²) in [6.07, 6.45) is 0. The Balaban J connectivity index is 2.36. The monoisotopic (exact) mass is 389 g/mol. The zero-order valence-corrected chi connectivity index (χ0v) is 15.9. The molecule has 1 aromatic carbocycles. The number of hydrogen-bond donors (Lipinski definition) is 4. The number of halogens is 2. The second kappa shape index (κ2) is 10.2. The van der Waals surface area contributed by atoms with Crippen LogP contribution in [0.1, 0.15) is 13.8 Å². The van der Waals surface area contributed by atoms with Crippen molar-refractivity contribution in [1.82, 2.24) is 10.6 Å². The van der Waals surface area contributed by atoms with Crippen molar-refractivity contribution in [3.8, 4) is 0 Å². The van der Waals surface area contributed by atoms with Gasteiger partial charge in [0.15, 0.2) is 13.1 Å². The van der Waals surface area contributed by atoms with Crippen LogP contribution in [0.15, 0.2) is 18.2 Å². The lowest BCUT2D eigenvalue weighted by atomic mass is 10.3. The summed E-state index contributed by atoms with van der Waals surface area (Å²) >= 11 is 11.7.